The molecule has 0 radical (unpaired) electrons. The normalized spacial score (nSPS) is 11.5. The molecule has 0 aliphatic rings. The minimum absolute atomic E-state index is 0.135. The van der Waals surface area contributed by atoms with E-state index < -0.39 is 23.4 Å². The molecule has 0 atom stereocenters. The summed E-state index contributed by atoms with van der Waals surface area (Å²) >= 11 is 0. The van der Waals surface area contributed by atoms with Gasteiger partial charge in [0.2, 0.25) is 0 Å². The second-order valence-electron chi connectivity index (χ2n) is 4.36. The van der Waals surface area contributed by atoms with E-state index >= 15 is 0 Å². The van der Waals surface area contributed by atoms with Crippen LogP contribution >= 0.6 is 0 Å². The number of benzene rings is 2. The van der Waals surface area contributed by atoms with Gasteiger partial charge in [0.1, 0.15) is 17.4 Å². The van der Waals surface area contributed by atoms with Gasteiger partial charge in [-0.3, -0.25) is 0 Å². The predicted molar refractivity (Wildman–Crippen MR) is 66.8 cm³/mol. The number of nitrogens with one attached hydrogen (secondary N) is 1. The first kappa shape index (κ1) is 15.1. The molecule has 2 aromatic carbocycles. The van der Waals surface area contributed by atoms with Crippen molar-refractivity contribution in [3.05, 3.63) is 59.2 Å². The molecule has 0 fully saturated rings. The maximum Gasteiger partial charge on any atom is 0.416 e. The van der Waals surface area contributed by atoms with Crippen LogP contribution in [0.15, 0.2) is 36.4 Å². The standard InChI is InChI=1S/C14H10F5NO/c15-10-3-8(4-11(21)6-10)7-20-13-5-9(14(17,18)19)1-2-12(13)16/h1-6,20-21H,7H2. The molecule has 0 aromatic heterocycles. The number of aromatic hydroxyl groups is 1. The first-order chi connectivity index (χ1) is 9.75. The van der Waals surface area contributed by atoms with Gasteiger partial charge in [-0.25, -0.2) is 8.78 Å². The molecule has 0 unspecified atom stereocenters. The van der Waals surface area contributed by atoms with Crippen LogP contribution in [-0.2, 0) is 12.7 Å². The molecule has 0 bridgehead atoms. The molecule has 7 heteroatoms. The molecule has 0 saturated heterocycles. The number of hydrogen-bond acceptors (Lipinski definition) is 2. The monoisotopic (exact) mass is 303 g/mol. The van der Waals surface area contributed by atoms with Crippen LogP contribution in [0.1, 0.15) is 11.1 Å². The molecule has 0 amide bonds. The van der Waals surface area contributed by atoms with Gasteiger partial charge < -0.3 is 10.4 Å². The number of alkyl halides is 3. The molecular formula is C14H10F5NO. The molecule has 0 spiro atoms. The Morgan fingerprint density at radius 1 is 1.00 bits per heavy atom. The maximum atomic E-state index is 13.5. The summed E-state index contributed by atoms with van der Waals surface area (Å²) in [6.07, 6.45) is -4.58. The highest BCUT2D eigenvalue weighted by Crippen LogP contribution is 2.32. The molecule has 21 heavy (non-hydrogen) atoms. The van der Waals surface area contributed by atoms with Crippen molar-refractivity contribution in [2.45, 2.75) is 12.7 Å². The fraction of sp³-hybridized carbons (Fsp3) is 0.143. The van der Waals surface area contributed by atoms with Crippen LogP contribution in [0, 0.1) is 11.6 Å². The van der Waals surface area contributed by atoms with E-state index in [1.54, 1.807) is 0 Å². The maximum absolute atomic E-state index is 13.5. The van der Waals surface area contributed by atoms with E-state index in [9.17, 15) is 27.1 Å². The molecule has 0 aliphatic heterocycles. The number of halogens is 5. The lowest BCUT2D eigenvalue weighted by Gasteiger charge is -2.12. The van der Waals surface area contributed by atoms with Gasteiger partial charge >= 0.3 is 6.18 Å². The van der Waals surface area contributed by atoms with Crippen molar-refractivity contribution in [3.63, 3.8) is 0 Å². The highest BCUT2D eigenvalue weighted by atomic mass is 19.4. The van der Waals surface area contributed by atoms with Crippen LogP contribution in [0.5, 0.6) is 5.75 Å². The van der Waals surface area contributed by atoms with Crippen molar-refractivity contribution in [1.29, 1.82) is 0 Å². The summed E-state index contributed by atoms with van der Waals surface area (Å²) in [7, 11) is 0. The summed E-state index contributed by atoms with van der Waals surface area (Å²) in [5.74, 6) is -1.88. The molecular weight excluding hydrogens is 293 g/mol. The van der Waals surface area contributed by atoms with Crippen molar-refractivity contribution < 1.29 is 27.1 Å². The van der Waals surface area contributed by atoms with Crippen molar-refractivity contribution in [1.82, 2.24) is 0 Å². The Bertz CT molecular complexity index is 634. The quantitative estimate of drug-likeness (QED) is 0.829. The second-order valence-corrected chi connectivity index (χ2v) is 4.36. The van der Waals surface area contributed by atoms with Crippen molar-refractivity contribution >= 4 is 5.69 Å². The number of anilines is 1. The fourth-order valence-corrected chi connectivity index (χ4v) is 1.77. The average molecular weight is 303 g/mol. The lowest BCUT2D eigenvalue weighted by atomic mass is 10.1. The topological polar surface area (TPSA) is 32.3 Å². The van der Waals surface area contributed by atoms with Gasteiger partial charge in [0.15, 0.2) is 0 Å². The lowest BCUT2D eigenvalue weighted by Crippen LogP contribution is -2.08. The van der Waals surface area contributed by atoms with E-state index in [1.807, 2.05) is 0 Å². The third kappa shape index (κ3) is 3.84. The van der Waals surface area contributed by atoms with E-state index in [1.165, 1.54) is 6.07 Å². The van der Waals surface area contributed by atoms with E-state index in [-0.39, 0.29) is 23.5 Å². The summed E-state index contributed by atoms with van der Waals surface area (Å²) < 4.78 is 64.1. The highest BCUT2D eigenvalue weighted by Gasteiger charge is 2.31. The second kappa shape index (κ2) is 5.59. The van der Waals surface area contributed by atoms with Gasteiger partial charge in [0.25, 0.3) is 0 Å². The van der Waals surface area contributed by atoms with Crippen LogP contribution in [0.2, 0.25) is 0 Å². The number of phenols is 1. The fourth-order valence-electron chi connectivity index (χ4n) is 1.77. The van der Waals surface area contributed by atoms with Crippen molar-refractivity contribution in [2.75, 3.05) is 5.32 Å². The zero-order valence-corrected chi connectivity index (χ0v) is 10.5. The Hall–Kier alpha value is -2.31. The van der Waals surface area contributed by atoms with Gasteiger partial charge in [0, 0.05) is 12.6 Å². The Morgan fingerprint density at radius 3 is 2.33 bits per heavy atom. The van der Waals surface area contributed by atoms with Crippen LogP contribution < -0.4 is 5.32 Å². The van der Waals surface area contributed by atoms with Crippen LogP contribution in [0.4, 0.5) is 27.6 Å². The van der Waals surface area contributed by atoms with E-state index in [0.29, 0.717) is 18.2 Å². The summed E-state index contributed by atoms with van der Waals surface area (Å²) in [5.41, 5.74) is -1.08. The van der Waals surface area contributed by atoms with Gasteiger partial charge in [-0.15, -0.1) is 0 Å². The SMILES string of the molecule is Oc1cc(F)cc(CNc2cc(C(F)(F)F)ccc2F)c1. The molecule has 0 aliphatic carbocycles. The van der Waals surface area contributed by atoms with Gasteiger partial charge in [0.05, 0.1) is 11.3 Å². The van der Waals surface area contributed by atoms with Gasteiger partial charge in [-0.1, -0.05) is 0 Å². The first-order valence-corrected chi connectivity index (χ1v) is 5.85. The van der Waals surface area contributed by atoms with E-state index in [4.69, 9.17) is 0 Å². The Balaban J connectivity index is 2.19. The van der Waals surface area contributed by atoms with Crippen molar-refractivity contribution in [3.8, 4) is 5.75 Å². The molecule has 2 aromatic rings. The van der Waals surface area contributed by atoms with Crippen molar-refractivity contribution in [2.24, 2.45) is 0 Å². The van der Waals surface area contributed by atoms with E-state index in [0.717, 1.165) is 12.1 Å². The third-order valence-corrected chi connectivity index (χ3v) is 2.72. The van der Waals surface area contributed by atoms with Crippen LogP contribution in [-0.4, -0.2) is 5.11 Å². The molecule has 0 saturated carbocycles. The summed E-state index contributed by atoms with van der Waals surface area (Å²) in [5, 5.41) is 11.6. The minimum Gasteiger partial charge on any atom is -0.508 e. The number of hydrogen-bond donors (Lipinski definition) is 2. The van der Waals surface area contributed by atoms with E-state index in [2.05, 4.69) is 5.32 Å². The first-order valence-electron chi connectivity index (χ1n) is 5.85. The smallest absolute Gasteiger partial charge is 0.416 e. The zero-order chi connectivity index (χ0) is 15.6. The molecule has 0 heterocycles. The van der Waals surface area contributed by atoms with Crippen LogP contribution in [0.25, 0.3) is 0 Å². The zero-order valence-electron chi connectivity index (χ0n) is 10.5. The highest BCUT2D eigenvalue weighted by molar-refractivity contribution is 5.48. The third-order valence-electron chi connectivity index (χ3n) is 2.72. The predicted octanol–water partition coefficient (Wildman–Crippen LogP) is 4.30. The largest absolute Gasteiger partial charge is 0.508 e. The minimum atomic E-state index is -4.58. The average Bonchev–Trinajstić information content (AvgIpc) is 2.35. The number of phenolic OH excluding ortho intramolecular Hbond substituents is 1. The Morgan fingerprint density at radius 2 is 1.71 bits per heavy atom. The Labute approximate surface area is 116 Å². The summed E-state index contributed by atoms with van der Waals surface area (Å²) in [6.45, 7) is -0.135. The summed E-state index contributed by atoms with van der Waals surface area (Å²) in [4.78, 5) is 0. The lowest BCUT2D eigenvalue weighted by molar-refractivity contribution is -0.137. The Kier molecular flexibility index (Phi) is 4.02. The van der Waals surface area contributed by atoms with Gasteiger partial charge in [-0.2, -0.15) is 13.2 Å². The molecule has 2 nitrogen and oxygen atoms in total. The molecule has 112 valence electrons. The molecule has 2 rings (SSSR count). The van der Waals surface area contributed by atoms with Crippen LogP contribution in [0.3, 0.4) is 0 Å². The van der Waals surface area contributed by atoms with Gasteiger partial charge in [-0.05, 0) is 35.9 Å². The molecule has 2 N–H and O–H groups in total. The summed E-state index contributed by atoms with van der Waals surface area (Å²) in [6, 6.07) is 5.16. The number of rotatable bonds is 3.